The number of carbonyl (C=O) groups excluding carboxylic acids is 3. The number of ether oxygens (including phenoxy) is 1. The van der Waals surface area contributed by atoms with E-state index in [9.17, 15) is 18.8 Å². The molecule has 0 aliphatic carbocycles. The fourth-order valence-electron chi connectivity index (χ4n) is 4.57. The summed E-state index contributed by atoms with van der Waals surface area (Å²) in [5.41, 5.74) is 0.710. The molecule has 2 aliphatic rings. The van der Waals surface area contributed by atoms with Gasteiger partial charge < -0.3 is 24.3 Å². The fourth-order valence-corrected chi connectivity index (χ4v) is 4.57. The maximum atomic E-state index is 13.6. The van der Waals surface area contributed by atoms with Crippen molar-refractivity contribution < 1.29 is 23.5 Å². The van der Waals surface area contributed by atoms with Gasteiger partial charge in [0.2, 0.25) is 11.8 Å². The maximum absolute atomic E-state index is 13.6. The highest BCUT2D eigenvalue weighted by molar-refractivity contribution is 5.86. The standard InChI is InChI=1S/C25H37FN4O4/c1-18(2)13-29-14-22(34-17-19-6-5-7-21(26)12-19)15-30(16-23(29)31)24(32)20-8-10-28(11-9-20)25(33)27(3)4/h5-7,12,18,20,22H,8-11,13-17H2,1-4H3/t22-/m1/s1. The van der Waals surface area contributed by atoms with E-state index in [1.807, 2.05) is 13.8 Å². The number of hydrogen-bond acceptors (Lipinski definition) is 4. The average molecular weight is 477 g/mol. The molecule has 2 heterocycles. The fraction of sp³-hybridized carbons (Fsp3) is 0.640. The highest BCUT2D eigenvalue weighted by Crippen LogP contribution is 2.22. The Labute approximate surface area is 201 Å². The first kappa shape index (κ1) is 25.9. The molecule has 1 aromatic rings. The van der Waals surface area contributed by atoms with Crippen LogP contribution in [0.1, 0.15) is 32.3 Å². The maximum Gasteiger partial charge on any atom is 0.319 e. The highest BCUT2D eigenvalue weighted by atomic mass is 19.1. The van der Waals surface area contributed by atoms with Crippen LogP contribution in [0.2, 0.25) is 0 Å². The summed E-state index contributed by atoms with van der Waals surface area (Å²) in [6, 6.07) is 6.20. The molecule has 34 heavy (non-hydrogen) atoms. The zero-order valence-electron chi connectivity index (χ0n) is 20.7. The Kier molecular flexibility index (Phi) is 8.88. The van der Waals surface area contributed by atoms with Crippen molar-refractivity contribution in [2.75, 3.05) is 53.4 Å². The summed E-state index contributed by atoms with van der Waals surface area (Å²) in [4.78, 5) is 45.3. The van der Waals surface area contributed by atoms with Gasteiger partial charge in [-0.05, 0) is 36.5 Å². The molecular weight excluding hydrogens is 439 g/mol. The number of rotatable bonds is 6. The predicted molar refractivity (Wildman–Crippen MR) is 126 cm³/mol. The van der Waals surface area contributed by atoms with Crippen LogP contribution >= 0.6 is 0 Å². The molecule has 0 N–H and O–H groups in total. The first-order valence-corrected chi connectivity index (χ1v) is 12.0. The van der Waals surface area contributed by atoms with Crippen molar-refractivity contribution in [3.8, 4) is 0 Å². The van der Waals surface area contributed by atoms with Gasteiger partial charge in [0.25, 0.3) is 0 Å². The van der Waals surface area contributed by atoms with Crippen LogP contribution in [0.5, 0.6) is 0 Å². The minimum Gasteiger partial charge on any atom is -0.370 e. The van der Waals surface area contributed by atoms with E-state index >= 15 is 0 Å². The number of halogens is 1. The summed E-state index contributed by atoms with van der Waals surface area (Å²) >= 11 is 0. The lowest BCUT2D eigenvalue weighted by Crippen LogP contribution is -2.48. The summed E-state index contributed by atoms with van der Waals surface area (Å²) in [6.45, 7) is 6.67. The van der Waals surface area contributed by atoms with Gasteiger partial charge in [-0.25, -0.2) is 9.18 Å². The van der Waals surface area contributed by atoms with Crippen LogP contribution in [0, 0.1) is 17.7 Å². The molecule has 0 aromatic heterocycles. The van der Waals surface area contributed by atoms with E-state index in [0.29, 0.717) is 51.1 Å². The quantitative estimate of drug-likeness (QED) is 0.632. The minimum atomic E-state index is -0.368. The summed E-state index contributed by atoms with van der Waals surface area (Å²) in [7, 11) is 3.44. The molecule has 8 nitrogen and oxygen atoms in total. The van der Waals surface area contributed by atoms with Crippen molar-refractivity contribution in [3.63, 3.8) is 0 Å². The van der Waals surface area contributed by atoms with Crippen LogP contribution in [-0.2, 0) is 20.9 Å². The Hall–Kier alpha value is -2.68. The van der Waals surface area contributed by atoms with Gasteiger partial charge in [0.15, 0.2) is 0 Å². The second-order valence-corrected chi connectivity index (χ2v) is 9.91. The van der Waals surface area contributed by atoms with Crippen molar-refractivity contribution in [2.45, 2.75) is 39.4 Å². The third-order valence-corrected chi connectivity index (χ3v) is 6.30. The Morgan fingerprint density at radius 1 is 1.15 bits per heavy atom. The summed E-state index contributed by atoms with van der Waals surface area (Å²) in [5, 5.41) is 0. The second-order valence-electron chi connectivity index (χ2n) is 9.91. The third-order valence-electron chi connectivity index (χ3n) is 6.30. The molecule has 9 heteroatoms. The SMILES string of the molecule is CC(C)CN1C[C@@H](OCc2cccc(F)c2)CN(C(=O)C2CCN(C(=O)N(C)C)CC2)CC1=O. The van der Waals surface area contributed by atoms with Crippen molar-refractivity contribution in [2.24, 2.45) is 11.8 Å². The summed E-state index contributed by atoms with van der Waals surface area (Å²) < 4.78 is 19.7. The molecule has 0 bridgehead atoms. The van der Waals surface area contributed by atoms with Gasteiger partial charge >= 0.3 is 6.03 Å². The minimum absolute atomic E-state index is 0.0300. The molecule has 2 aliphatic heterocycles. The molecule has 4 amide bonds. The molecule has 1 aromatic carbocycles. The largest absolute Gasteiger partial charge is 0.370 e. The number of piperidine rings is 1. The molecule has 0 saturated carbocycles. The number of amides is 4. The van der Waals surface area contributed by atoms with Gasteiger partial charge in [0.1, 0.15) is 5.82 Å². The van der Waals surface area contributed by atoms with Crippen LogP contribution in [-0.4, -0.2) is 96.9 Å². The van der Waals surface area contributed by atoms with Crippen LogP contribution in [0.3, 0.4) is 0 Å². The smallest absolute Gasteiger partial charge is 0.319 e. The molecule has 188 valence electrons. The third kappa shape index (κ3) is 6.91. The van der Waals surface area contributed by atoms with E-state index in [-0.39, 0.29) is 54.8 Å². The van der Waals surface area contributed by atoms with Crippen molar-refractivity contribution in [1.82, 2.24) is 19.6 Å². The monoisotopic (exact) mass is 476 g/mol. The Bertz CT molecular complexity index is 870. The van der Waals surface area contributed by atoms with Crippen LogP contribution in [0.25, 0.3) is 0 Å². The zero-order valence-corrected chi connectivity index (χ0v) is 20.7. The first-order chi connectivity index (χ1) is 16.1. The van der Waals surface area contributed by atoms with Gasteiger partial charge in [-0.2, -0.15) is 0 Å². The van der Waals surface area contributed by atoms with Gasteiger partial charge in [0, 0.05) is 52.7 Å². The number of likely N-dealkylation sites (tertiary alicyclic amines) is 1. The molecule has 0 radical (unpaired) electrons. The lowest BCUT2D eigenvalue weighted by atomic mass is 9.95. The molecular formula is C25H37FN4O4. The topological polar surface area (TPSA) is 73.4 Å². The van der Waals surface area contributed by atoms with Crippen molar-refractivity contribution in [3.05, 3.63) is 35.6 Å². The lowest BCUT2D eigenvalue weighted by Gasteiger charge is -2.35. The average Bonchev–Trinajstić information content (AvgIpc) is 2.95. The highest BCUT2D eigenvalue weighted by Gasteiger charge is 2.36. The summed E-state index contributed by atoms with van der Waals surface area (Å²) in [5.74, 6) is -0.405. The Balaban J connectivity index is 1.67. The van der Waals surface area contributed by atoms with Crippen LogP contribution < -0.4 is 0 Å². The molecule has 3 rings (SSSR count). The summed E-state index contributed by atoms with van der Waals surface area (Å²) in [6.07, 6.45) is 0.786. The molecule has 2 saturated heterocycles. The van der Waals surface area contributed by atoms with E-state index in [2.05, 4.69) is 0 Å². The van der Waals surface area contributed by atoms with E-state index in [1.54, 1.807) is 45.8 Å². The molecule has 0 spiro atoms. The first-order valence-electron chi connectivity index (χ1n) is 12.0. The van der Waals surface area contributed by atoms with Crippen LogP contribution in [0.4, 0.5) is 9.18 Å². The molecule has 1 atom stereocenters. The zero-order chi connectivity index (χ0) is 24.8. The van der Waals surface area contributed by atoms with E-state index in [4.69, 9.17) is 4.74 Å². The van der Waals surface area contributed by atoms with Gasteiger partial charge in [-0.15, -0.1) is 0 Å². The Morgan fingerprint density at radius 2 is 1.85 bits per heavy atom. The number of carbonyl (C=O) groups is 3. The van der Waals surface area contributed by atoms with Gasteiger partial charge in [0.05, 0.1) is 19.3 Å². The molecule has 2 fully saturated rings. The van der Waals surface area contributed by atoms with Gasteiger partial charge in [-0.3, -0.25) is 9.59 Å². The van der Waals surface area contributed by atoms with Crippen molar-refractivity contribution >= 4 is 17.8 Å². The number of benzene rings is 1. The van der Waals surface area contributed by atoms with E-state index in [1.165, 1.54) is 12.1 Å². The van der Waals surface area contributed by atoms with Crippen LogP contribution in [0.15, 0.2) is 24.3 Å². The van der Waals surface area contributed by atoms with Gasteiger partial charge in [-0.1, -0.05) is 26.0 Å². The van der Waals surface area contributed by atoms with E-state index in [0.717, 1.165) is 0 Å². The van der Waals surface area contributed by atoms with E-state index < -0.39 is 0 Å². The number of urea groups is 1. The predicted octanol–water partition coefficient (Wildman–Crippen LogP) is 2.43. The Morgan fingerprint density at radius 3 is 2.47 bits per heavy atom. The van der Waals surface area contributed by atoms with Crippen molar-refractivity contribution in [1.29, 1.82) is 0 Å². The lowest BCUT2D eigenvalue weighted by molar-refractivity contribution is -0.142. The normalized spacial score (nSPS) is 20.0. The number of nitrogens with zero attached hydrogens (tertiary/aromatic N) is 4. The second kappa shape index (κ2) is 11.6. The molecule has 0 unspecified atom stereocenters. The number of hydrogen-bond donors (Lipinski definition) is 0.